The molecular weight excluding hydrogens is 404 g/mol. The summed E-state index contributed by atoms with van der Waals surface area (Å²) in [4.78, 5) is 16.2. The number of rotatable bonds is 3. The van der Waals surface area contributed by atoms with Gasteiger partial charge in [0, 0.05) is 30.6 Å². The minimum Gasteiger partial charge on any atom is -0.356 e. The topological polar surface area (TPSA) is 76.1 Å². The number of fused-ring (bicyclic) bond motifs is 2. The first-order valence-corrected chi connectivity index (χ1v) is 12.2. The fraction of sp³-hybridized carbons (Fsp3) is 0.286. The molecule has 1 aliphatic rings. The Morgan fingerprint density at radius 2 is 1.83 bits per heavy atom. The van der Waals surface area contributed by atoms with Gasteiger partial charge in [0.25, 0.3) is 0 Å². The SMILES string of the molecule is CS(=O)(=O)c1ccc2ncnc(N3CCC(c4nc5ccccc5s4)CC3)c2c1. The van der Waals surface area contributed by atoms with Crippen LogP contribution in [-0.2, 0) is 9.84 Å². The van der Waals surface area contributed by atoms with Crippen molar-refractivity contribution < 1.29 is 8.42 Å². The molecule has 0 aliphatic carbocycles. The largest absolute Gasteiger partial charge is 0.356 e. The Balaban J connectivity index is 1.42. The number of thiazole rings is 1. The van der Waals surface area contributed by atoms with Gasteiger partial charge in [-0.2, -0.15) is 0 Å². The van der Waals surface area contributed by atoms with Crippen molar-refractivity contribution in [1.29, 1.82) is 0 Å². The van der Waals surface area contributed by atoms with Gasteiger partial charge in [-0.05, 0) is 43.2 Å². The zero-order chi connectivity index (χ0) is 20.0. The molecule has 2 aromatic heterocycles. The van der Waals surface area contributed by atoms with E-state index in [0.29, 0.717) is 10.8 Å². The number of benzene rings is 2. The molecule has 0 amide bonds. The molecule has 0 radical (unpaired) electrons. The summed E-state index contributed by atoms with van der Waals surface area (Å²) < 4.78 is 25.2. The molecular formula is C21H20N4O2S2. The minimum absolute atomic E-state index is 0.297. The van der Waals surface area contributed by atoms with Crippen LogP contribution in [-0.4, -0.2) is 42.7 Å². The Labute approximate surface area is 173 Å². The van der Waals surface area contributed by atoms with Gasteiger partial charge in [-0.15, -0.1) is 11.3 Å². The zero-order valence-electron chi connectivity index (χ0n) is 15.9. The van der Waals surface area contributed by atoms with E-state index in [4.69, 9.17) is 4.98 Å². The minimum atomic E-state index is -3.28. The van der Waals surface area contributed by atoms with Crippen LogP contribution in [0.15, 0.2) is 53.7 Å². The normalized spacial score (nSPS) is 16.0. The van der Waals surface area contributed by atoms with E-state index in [1.54, 1.807) is 35.9 Å². The Kier molecular flexibility index (Phi) is 4.48. The predicted octanol–water partition coefficient (Wildman–Crippen LogP) is 4.03. The van der Waals surface area contributed by atoms with Gasteiger partial charge in [0.05, 0.1) is 25.6 Å². The molecule has 1 aliphatic heterocycles. The molecule has 0 unspecified atom stereocenters. The molecule has 0 N–H and O–H groups in total. The standard InChI is InChI=1S/C21H20N4O2S2/c1-29(26,27)15-6-7-17-16(12-15)20(23-13-22-17)25-10-8-14(9-11-25)21-24-18-4-2-3-5-19(18)28-21/h2-7,12-14H,8-11H2,1H3. The monoisotopic (exact) mass is 424 g/mol. The van der Waals surface area contributed by atoms with Gasteiger partial charge in [-0.3, -0.25) is 0 Å². The van der Waals surface area contributed by atoms with Crippen molar-refractivity contribution in [2.75, 3.05) is 24.2 Å². The highest BCUT2D eigenvalue weighted by atomic mass is 32.2. The highest BCUT2D eigenvalue weighted by Crippen LogP contribution is 2.36. The van der Waals surface area contributed by atoms with Crippen molar-refractivity contribution in [2.45, 2.75) is 23.7 Å². The number of anilines is 1. The molecule has 0 atom stereocenters. The Bertz CT molecular complexity index is 1280. The van der Waals surface area contributed by atoms with Gasteiger partial charge in [0.2, 0.25) is 0 Å². The molecule has 1 fully saturated rings. The van der Waals surface area contributed by atoms with Crippen LogP contribution < -0.4 is 4.90 Å². The van der Waals surface area contributed by atoms with Gasteiger partial charge in [-0.25, -0.2) is 23.4 Å². The number of nitrogens with zero attached hydrogens (tertiary/aromatic N) is 4. The second-order valence-corrected chi connectivity index (χ2v) is 10.5. The van der Waals surface area contributed by atoms with E-state index in [1.165, 1.54) is 16.0 Å². The molecule has 6 nitrogen and oxygen atoms in total. The summed E-state index contributed by atoms with van der Waals surface area (Å²) in [6.45, 7) is 1.71. The van der Waals surface area contributed by atoms with E-state index in [9.17, 15) is 8.42 Å². The lowest BCUT2D eigenvalue weighted by molar-refractivity contribution is 0.502. The van der Waals surface area contributed by atoms with Gasteiger partial charge in [0.15, 0.2) is 9.84 Å². The number of piperidine rings is 1. The van der Waals surface area contributed by atoms with Crippen LogP contribution in [0.1, 0.15) is 23.8 Å². The van der Waals surface area contributed by atoms with Crippen LogP contribution >= 0.6 is 11.3 Å². The van der Waals surface area contributed by atoms with E-state index in [0.717, 1.165) is 48.2 Å². The second kappa shape index (κ2) is 7.03. The molecule has 0 bridgehead atoms. The number of para-hydroxylation sites is 1. The quantitative estimate of drug-likeness (QED) is 0.494. The maximum atomic E-state index is 12.0. The molecule has 0 spiro atoms. The summed E-state index contributed by atoms with van der Waals surface area (Å²) in [5.74, 6) is 1.26. The molecule has 8 heteroatoms. The van der Waals surface area contributed by atoms with Gasteiger partial charge < -0.3 is 4.90 Å². The lowest BCUT2D eigenvalue weighted by Crippen LogP contribution is -2.33. The zero-order valence-corrected chi connectivity index (χ0v) is 17.6. The van der Waals surface area contributed by atoms with Gasteiger partial charge >= 0.3 is 0 Å². The smallest absolute Gasteiger partial charge is 0.175 e. The highest BCUT2D eigenvalue weighted by Gasteiger charge is 2.25. The molecule has 5 rings (SSSR count). The lowest BCUT2D eigenvalue weighted by atomic mass is 9.97. The van der Waals surface area contributed by atoms with Crippen molar-refractivity contribution in [3.05, 3.63) is 53.8 Å². The van der Waals surface area contributed by atoms with Crippen molar-refractivity contribution in [3.63, 3.8) is 0 Å². The summed E-state index contributed by atoms with van der Waals surface area (Å²) in [5.41, 5.74) is 1.83. The molecule has 29 heavy (non-hydrogen) atoms. The van der Waals surface area contributed by atoms with Gasteiger partial charge in [0.1, 0.15) is 12.1 Å². The first-order chi connectivity index (χ1) is 14.0. The van der Waals surface area contributed by atoms with E-state index in [2.05, 4.69) is 33.1 Å². The van der Waals surface area contributed by atoms with Crippen molar-refractivity contribution in [1.82, 2.24) is 15.0 Å². The Hall–Kier alpha value is -2.58. The first-order valence-electron chi connectivity index (χ1n) is 9.54. The summed E-state index contributed by atoms with van der Waals surface area (Å²) >= 11 is 1.79. The third-order valence-electron chi connectivity index (χ3n) is 5.47. The predicted molar refractivity (Wildman–Crippen MR) is 116 cm³/mol. The highest BCUT2D eigenvalue weighted by molar-refractivity contribution is 7.90. The number of hydrogen-bond donors (Lipinski definition) is 0. The van der Waals surface area contributed by atoms with E-state index >= 15 is 0 Å². The maximum Gasteiger partial charge on any atom is 0.175 e. The average molecular weight is 425 g/mol. The molecule has 0 saturated carbocycles. The fourth-order valence-corrected chi connectivity index (χ4v) is 5.69. The third kappa shape index (κ3) is 3.47. The van der Waals surface area contributed by atoms with Gasteiger partial charge in [-0.1, -0.05) is 12.1 Å². The molecule has 4 aromatic rings. The van der Waals surface area contributed by atoms with Crippen LogP contribution in [0, 0.1) is 0 Å². The van der Waals surface area contributed by atoms with Crippen molar-refractivity contribution >= 4 is 48.1 Å². The summed E-state index contributed by atoms with van der Waals surface area (Å²) in [7, 11) is -3.28. The fourth-order valence-electron chi connectivity index (χ4n) is 3.91. The summed E-state index contributed by atoms with van der Waals surface area (Å²) in [6, 6.07) is 13.3. The van der Waals surface area contributed by atoms with E-state index < -0.39 is 9.84 Å². The van der Waals surface area contributed by atoms with Crippen LogP contribution in [0.5, 0.6) is 0 Å². The molecule has 3 heterocycles. The first kappa shape index (κ1) is 18.4. The third-order valence-corrected chi connectivity index (χ3v) is 7.78. The van der Waals surface area contributed by atoms with Crippen LogP contribution in [0.3, 0.4) is 0 Å². The molecule has 148 valence electrons. The Morgan fingerprint density at radius 3 is 2.59 bits per heavy atom. The van der Waals surface area contributed by atoms with E-state index in [-0.39, 0.29) is 0 Å². The van der Waals surface area contributed by atoms with Crippen LogP contribution in [0.4, 0.5) is 5.82 Å². The summed E-state index contributed by atoms with van der Waals surface area (Å²) in [5, 5.41) is 1.99. The van der Waals surface area contributed by atoms with Crippen LogP contribution in [0.25, 0.3) is 21.1 Å². The molecule has 2 aromatic carbocycles. The number of hydrogen-bond acceptors (Lipinski definition) is 7. The van der Waals surface area contributed by atoms with Crippen LogP contribution in [0.2, 0.25) is 0 Å². The lowest BCUT2D eigenvalue weighted by Gasteiger charge is -2.32. The second-order valence-electron chi connectivity index (χ2n) is 7.43. The average Bonchev–Trinajstić information content (AvgIpc) is 3.17. The number of aromatic nitrogens is 3. The van der Waals surface area contributed by atoms with Crippen molar-refractivity contribution in [2.24, 2.45) is 0 Å². The Morgan fingerprint density at radius 1 is 1.03 bits per heavy atom. The molecule has 1 saturated heterocycles. The number of sulfone groups is 1. The summed E-state index contributed by atoms with van der Waals surface area (Å²) in [6.07, 6.45) is 4.77. The van der Waals surface area contributed by atoms with Crippen molar-refractivity contribution in [3.8, 4) is 0 Å². The maximum absolute atomic E-state index is 12.0. The van der Waals surface area contributed by atoms with E-state index in [1.807, 2.05) is 6.07 Å².